The van der Waals surface area contributed by atoms with E-state index in [2.05, 4.69) is 25.8 Å². The van der Waals surface area contributed by atoms with E-state index in [1.807, 2.05) is 49.6 Å². The van der Waals surface area contributed by atoms with E-state index in [1.54, 1.807) is 11.9 Å². The van der Waals surface area contributed by atoms with Gasteiger partial charge in [0, 0.05) is 32.9 Å². The number of ether oxygens (including phenoxy) is 1. The van der Waals surface area contributed by atoms with E-state index in [1.165, 1.54) is 0 Å². The predicted molar refractivity (Wildman–Crippen MR) is 112 cm³/mol. The summed E-state index contributed by atoms with van der Waals surface area (Å²) in [5, 5.41) is 15.0. The number of rotatable bonds is 4. The van der Waals surface area contributed by atoms with Crippen molar-refractivity contribution in [2.45, 2.75) is 45.8 Å². The van der Waals surface area contributed by atoms with Gasteiger partial charge in [0.05, 0.1) is 6.54 Å². The highest BCUT2D eigenvalue weighted by molar-refractivity contribution is 5.79. The number of guanidine groups is 1. The van der Waals surface area contributed by atoms with Crippen molar-refractivity contribution in [1.82, 2.24) is 30.1 Å². The number of nitrogens with one attached hydrogen (secondary N) is 2. The van der Waals surface area contributed by atoms with Crippen LogP contribution in [0.5, 0.6) is 0 Å². The minimum Gasteiger partial charge on any atom is -0.444 e. The molecule has 3 heterocycles. The standard InChI is InChI=1S/C20H31N7O2/c1-20(2,3)29-19(28)26-11-8-15(9-12-26)13-22-18(21-4)23-14-17-25-24-16-7-5-6-10-27(16)17/h5-7,10,15H,8-9,11-14H2,1-4H3,(H2,21,22,23). The number of pyridine rings is 1. The van der Waals surface area contributed by atoms with Crippen molar-refractivity contribution in [3.8, 4) is 0 Å². The highest BCUT2D eigenvalue weighted by Gasteiger charge is 2.26. The highest BCUT2D eigenvalue weighted by atomic mass is 16.6. The van der Waals surface area contributed by atoms with Crippen LogP contribution in [0.25, 0.3) is 5.65 Å². The van der Waals surface area contributed by atoms with Crippen molar-refractivity contribution in [2.75, 3.05) is 26.7 Å². The number of hydrogen-bond acceptors (Lipinski definition) is 5. The molecule has 2 aromatic rings. The largest absolute Gasteiger partial charge is 0.444 e. The predicted octanol–water partition coefficient (Wildman–Crippen LogP) is 2.04. The Morgan fingerprint density at radius 2 is 2.00 bits per heavy atom. The second-order valence-electron chi connectivity index (χ2n) is 8.26. The lowest BCUT2D eigenvalue weighted by atomic mass is 9.97. The fourth-order valence-corrected chi connectivity index (χ4v) is 3.28. The molecule has 2 N–H and O–H groups in total. The summed E-state index contributed by atoms with van der Waals surface area (Å²) >= 11 is 0. The lowest BCUT2D eigenvalue weighted by molar-refractivity contribution is 0.0185. The molecule has 0 aliphatic carbocycles. The van der Waals surface area contributed by atoms with E-state index >= 15 is 0 Å². The van der Waals surface area contributed by atoms with Gasteiger partial charge >= 0.3 is 6.09 Å². The Labute approximate surface area is 171 Å². The summed E-state index contributed by atoms with van der Waals surface area (Å²) < 4.78 is 7.41. The number of carbonyl (C=O) groups excluding carboxylic acids is 1. The van der Waals surface area contributed by atoms with Gasteiger partial charge in [-0.15, -0.1) is 10.2 Å². The van der Waals surface area contributed by atoms with E-state index < -0.39 is 5.60 Å². The third-order valence-electron chi connectivity index (χ3n) is 4.85. The van der Waals surface area contributed by atoms with Gasteiger partial charge in [-0.1, -0.05) is 6.07 Å². The summed E-state index contributed by atoms with van der Waals surface area (Å²) in [7, 11) is 1.75. The minimum atomic E-state index is -0.455. The maximum atomic E-state index is 12.2. The SMILES string of the molecule is CN=C(NCc1nnc2ccccn12)NCC1CCN(C(=O)OC(C)(C)C)CC1. The second-order valence-corrected chi connectivity index (χ2v) is 8.26. The van der Waals surface area contributed by atoms with Crippen LogP contribution in [0.4, 0.5) is 4.79 Å². The van der Waals surface area contributed by atoms with Crippen LogP contribution in [0.15, 0.2) is 29.4 Å². The summed E-state index contributed by atoms with van der Waals surface area (Å²) in [6.45, 7) is 8.45. The van der Waals surface area contributed by atoms with Crippen LogP contribution >= 0.6 is 0 Å². The Bertz CT molecular complexity index is 848. The maximum absolute atomic E-state index is 12.2. The Kier molecular flexibility index (Phi) is 6.56. The molecule has 2 aromatic heterocycles. The van der Waals surface area contributed by atoms with Crippen molar-refractivity contribution >= 4 is 17.7 Å². The summed E-state index contributed by atoms with van der Waals surface area (Å²) in [5.74, 6) is 2.04. The highest BCUT2D eigenvalue weighted by Crippen LogP contribution is 2.19. The van der Waals surface area contributed by atoms with Crippen LogP contribution in [0.2, 0.25) is 0 Å². The molecular weight excluding hydrogens is 370 g/mol. The van der Waals surface area contributed by atoms with Gasteiger partial charge < -0.3 is 20.3 Å². The zero-order valence-electron chi connectivity index (χ0n) is 17.7. The van der Waals surface area contributed by atoms with Gasteiger partial charge in [-0.2, -0.15) is 0 Å². The van der Waals surface area contributed by atoms with E-state index in [0.29, 0.717) is 12.5 Å². The van der Waals surface area contributed by atoms with E-state index in [-0.39, 0.29) is 6.09 Å². The number of aliphatic imine (C=N–C) groups is 1. The molecule has 1 amide bonds. The number of carbonyl (C=O) groups is 1. The van der Waals surface area contributed by atoms with Crippen molar-refractivity contribution < 1.29 is 9.53 Å². The van der Waals surface area contributed by atoms with Crippen LogP contribution < -0.4 is 10.6 Å². The first kappa shape index (κ1) is 20.9. The average molecular weight is 402 g/mol. The molecule has 1 fully saturated rings. The average Bonchev–Trinajstić information content (AvgIpc) is 3.10. The van der Waals surface area contributed by atoms with Crippen LogP contribution in [0, 0.1) is 5.92 Å². The number of likely N-dealkylation sites (tertiary alicyclic amines) is 1. The van der Waals surface area contributed by atoms with Gasteiger partial charge in [0.1, 0.15) is 5.60 Å². The first-order chi connectivity index (χ1) is 13.9. The molecule has 0 unspecified atom stereocenters. The molecule has 0 radical (unpaired) electrons. The monoisotopic (exact) mass is 401 g/mol. The molecule has 0 spiro atoms. The maximum Gasteiger partial charge on any atom is 0.410 e. The zero-order chi connectivity index (χ0) is 20.9. The molecule has 1 aliphatic rings. The number of aromatic nitrogens is 3. The molecular formula is C20H31N7O2. The fourth-order valence-electron chi connectivity index (χ4n) is 3.28. The minimum absolute atomic E-state index is 0.220. The molecule has 9 nitrogen and oxygen atoms in total. The molecule has 1 saturated heterocycles. The normalized spacial score (nSPS) is 16.1. The Balaban J connectivity index is 1.42. The number of fused-ring (bicyclic) bond motifs is 1. The molecule has 0 saturated carbocycles. The Hall–Kier alpha value is -2.84. The van der Waals surface area contributed by atoms with E-state index in [0.717, 1.165) is 49.9 Å². The molecule has 0 atom stereocenters. The quantitative estimate of drug-likeness (QED) is 0.601. The molecule has 1 aliphatic heterocycles. The van der Waals surface area contributed by atoms with Crippen molar-refractivity contribution in [2.24, 2.45) is 10.9 Å². The number of piperidine rings is 1. The van der Waals surface area contributed by atoms with Crippen molar-refractivity contribution in [3.05, 3.63) is 30.2 Å². The Morgan fingerprint density at radius 3 is 2.69 bits per heavy atom. The fraction of sp³-hybridized carbons (Fsp3) is 0.600. The molecule has 29 heavy (non-hydrogen) atoms. The van der Waals surface area contributed by atoms with Crippen molar-refractivity contribution in [1.29, 1.82) is 0 Å². The molecule has 0 aromatic carbocycles. The molecule has 9 heteroatoms. The number of amides is 1. The summed E-state index contributed by atoms with van der Waals surface area (Å²) in [4.78, 5) is 18.3. The topological polar surface area (TPSA) is 96.1 Å². The molecule has 158 valence electrons. The van der Waals surface area contributed by atoms with Crippen LogP contribution in [-0.4, -0.2) is 63.8 Å². The van der Waals surface area contributed by atoms with Gasteiger partial charge in [-0.05, 0) is 51.7 Å². The van der Waals surface area contributed by atoms with Gasteiger partial charge in [-0.3, -0.25) is 9.39 Å². The first-order valence-corrected chi connectivity index (χ1v) is 10.1. The van der Waals surface area contributed by atoms with E-state index in [4.69, 9.17) is 4.74 Å². The van der Waals surface area contributed by atoms with Gasteiger partial charge in [0.2, 0.25) is 0 Å². The summed E-state index contributed by atoms with van der Waals surface area (Å²) in [6, 6.07) is 5.82. The van der Waals surface area contributed by atoms with Crippen LogP contribution in [0.3, 0.4) is 0 Å². The van der Waals surface area contributed by atoms with Crippen LogP contribution in [0.1, 0.15) is 39.4 Å². The number of hydrogen-bond donors (Lipinski definition) is 2. The third-order valence-corrected chi connectivity index (χ3v) is 4.85. The lowest BCUT2D eigenvalue weighted by Crippen LogP contribution is -2.45. The summed E-state index contributed by atoms with van der Waals surface area (Å²) in [6.07, 6.45) is 3.61. The molecule has 0 bridgehead atoms. The smallest absolute Gasteiger partial charge is 0.410 e. The summed E-state index contributed by atoms with van der Waals surface area (Å²) in [5.41, 5.74) is 0.368. The van der Waals surface area contributed by atoms with E-state index in [9.17, 15) is 4.79 Å². The van der Waals surface area contributed by atoms with Gasteiger partial charge in [0.15, 0.2) is 17.4 Å². The number of nitrogens with zero attached hydrogens (tertiary/aromatic N) is 5. The Morgan fingerprint density at radius 1 is 1.24 bits per heavy atom. The van der Waals surface area contributed by atoms with Gasteiger partial charge in [-0.25, -0.2) is 4.79 Å². The molecule has 3 rings (SSSR count). The van der Waals surface area contributed by atoms with Crippen molar-refractivity contribution in [3.63, 3.8) is 0 Å². The van der Waals surface area contributed by atoms with Crippen LogP contribution in [-0.2, 0) is 11.3 Å². The van der Waals surface area contributed by atoms with Gasteiger partial charge in [0.25, 0.3) is 0 Å². The lowest BCUT2D eigenvalue weighted by Gasteiger charge is -2.33. The zero-order valence-corrected chi connectivity index (χ0v) is 17.7. The first-order valence-electron chi connectivity index (χ1n) is 10.1. The third kappa shape index (κ3) is 5.82. The second kappa shape index (κ2) is 9.11.